The average molecular weight is 398 g/mol. The van der Waals surface area contributed by atoms with Crippen LogP contribution in [0.25, 0.3) is 0 Å². The normalized spacial score (nSPS) is 32.0. The molecule has 4 aliphatic rings. The zero-order valence-electron chi connectivity index (χ0n) is 16.8. The Bertz CT molecular complexity index is 762. The number of hydrogen-bond donors (Lipinski definition) is 1. The van der Waals surface area contributed by atoms with E-state index in [1.165, 1.54) is 51.6 Å². The van der Waals surface area contributed by atoms with Gasteiger partial charge < -0.3 is 15.0 Å². The number of nitrogens with one attached hydrogen (secondary N) is 1. The Balaban J connectivity index is 1.35. The lowest BCUT2D eigenvalue weighted by atomic mass is 9.68. The first kappa shape index (κ1) is 18.4. The van der Waals surface area contributed by atoms with Crippen LogP contribution in [0.5, 0.6) is 5.75 Å². The molecule has 5 heteroatoms. The monoisotopic (exact) mass is 397 g/mol. The zero-order valence-corrected chi connectivity index (χ0v) is 17.6. The number of hydrogen-bond acceptors (Lipinski definition) is 3. The van der Waals surface area contributed by atoms with Crippen molar-refractivity contribution in [3.8, 4) is 5.75 Å². The maximum absolute atomic E-state index is 5.89. The van der Waals surface area contributed by atoms with Gasteiger partial charge in [0.15, 0.2) is 5.11 Å². The topological polar surface area (TPSA) is 27.7 Å². The van der Waals surface area contributed by atoms with Crippen LogP contribution in [-0.4, -0.2) is 53.7 Å². The van der Waals surface area contributed by atoms with Crippen LogP contribution in [0.2, 0.25) is 0 Å². The second-order valence-corrected chi connectivity index (χ2v) is 9.25. The second-order valence-electron chi connectivity index (χ2n) is 8.86. The molecule has 1 aromatic rings. The highest BCUT2D eigenvalue weighted by molar-refractivity contribution is 7.80. The van der Waals surface area contributed by atoms with Crippen molar-refractivity contribution in [2.24, 2.45) is 11.8 Å². The van der Waals surface area contributed by atoms with Crippen molar-refractivity contribution in [1.29, 1.82) is 0 Å². The van der Waals surface area contributed by atoms with Crippen molar-refractivity contribution >= 4 is 23.0 Å². The lowest BCUT2D eigenvalue weighted by Crippen LogP contribution is -2.60. The van der Waals surface area contributed by atoms with E-state index in [4.69, 9.17) is 17.0 Å². The Hall–Kier alpha value is -1.59. The van der Waals surface area contributed by atoms with Crippen LogP contribution in [0.1, 0.15) is 38.5 Å². The molecule has 3 fully saturated rings. The lowest BCUT2D eigenvalue weighted by Gasteiger charge is -2.55. The predicted molar refractivity (Wildman–Crippen MR) is 118 cm³/mol. The minimum absolute atomic E-state index is 0.492. The van der Waals surface area contributed by atoms with E-state index in [0.717, 1.165) is 41.0 Å². The maximum Gasteiger partial charge on any atom is 0.173 e. The van der Waals surface area contributed by atoms with E-state index in [2.05, 4.69) is 21.2 Å². The first-order valence-electron chi connectivity index (χ1n) is 10.9. The molecule has 4 nitrogen and oxygen atoms in total. The summed E-state index contributed by atoms with van der Waals surface area (Å²) in [4.78, 5) is 5.28. The van der Waals surface area contributed by atoms with Crippen LogP contribution < -0.4 is 10.1 Å². The Kier molecular flexibility index (Phi) is 5.06. The van der Waals surface area contributed by atoms with Gasteiger partial charge in [-0.05, 0) is 87.0 Å². The average Bonchev–Trinajstić information content (AvgIpc) is 2.74. The summed E-state index contributed by atoms with van der Waals surface area (Å²) < 4.78 is 5.27. The highest BCUT2D eigenvalue weighted by Gasteiger charge is 2.46. The largest absolute Gasteiger partial charge is 0.497 e. The van der Waals surface area contributed by atoms with Crippen molar-refractivity contribution in [3.05, 3.63) is 35.9 Å². The summed E-state index contributed by atoms with van der Waals surface area (Å²) >= 11 is 5.89. The van der Waals surface area contributed by atoms with Gasteiger partial charge in [0.25, 0.3) is 0 Å². The molecule has 3 aliphatic heterocycles. The number of fused-ring (bicyclic) bond motifs is 6. The van der Waals surface area contributed by atoms with E-state index >= 15 is 0 Å². The Morgan fingerprint density at radius 1 is 1.14 bits per heavy atom. The molecule has 2 bridgehead atoms. The number of piperidine rings is 3. The molecule has 1 aromatic carbocycles. The van der Waals surface area contributed by atoms with Gasteiger partial charge in [0.2, 0.25) is 0 Å². The van der Waals surface area contributed by atoms with E-state index in [9.17, 15) is 0 Å². The summed E-state index contributed by atoms with van der Waals surface area (Å²) in [5.74, 6) is 2.36. The molecule has 28 heavy (non-hydrogen) atoms. The molecule has 0 unspecified atom stereocenters. The first-order chi connectivity index (χ1) is 13.7. The van der Waals surface area contributed by atoms with Gasteiger partial charge in [0.1, 0.15) is 5.75 Å². The van der Waals surface area contributed by atoms with Gasteiger partial charge >= 0.3 is 0 Å². The quantitative estimate of drug-likeness (QED) is 0.594. The molecule has 150 valence electrons. The second kappa shape index (κ2) is 7.68. The molecule has 1 N–H and O–H groups in total. The summed E-state index contributed by atoms with van der Waals surface area (Å²) in [6.45, 7) is 3.61. The van der Waals surface area contributed by atoms with Gasteiger partial charge in [-0.3, -0.25) is 4.90 Å². The van der Waals surface area contributed by atoms with E-state index < -0.39 is 0 Å². The number of ether oxygens (including phenoxy) is 1. The minimum atomic E-state index is 0.492. The first-order valence-corrected chi connectivity index (χ1v) is 11.3. The van der Waals surface area contributed by atoms with Crippen molar-refractivity contribution in [2.75, 3.05) is 32.1 Å². The van der Waals surface area contributed by atoms with E-state index in [1.807, 2.05) is 24.3 Å². The van der Waals surface area contributed by atoms with Gasteiger partial charge in [-0.1, -0.05) is 18.1 Å². The fraction of sp³-hybridized carbons (Fsp3) is 0.609. The van der Waals surface area contributed by atoms with Crippen LogP contribution in [0.15, 0.2) is 35.9 Å². The van der Waals surface area contributed by atoms with E-state index in [-0.39, 0.29) is 0 Å². The van der Waals surface area contributed by atoms with Crippen LogP contribution in [-0.2, 0) is 0 Å². The third-order valence-corrected chi connectivity index (χ3v) is 7.60. The Morgan fingerprint density at radius 3 is 2.82 bits per heavy atom. The Labute approximate surface area is 173 Å². The molecule has 0 aromatic heterocycles. The zero-order chi connectivity index (χ0) is 19.1. The number of nitrogens with zero attached hydrogens (tertiary/aromatic N) is 2. The molecular weight excluding hydrogens is 366 g/mol. The molecule has 0 saturated carbocycles. The predicted octanol–water partition coefficient (Wildman–Crippen LogP) is 4.29. The molecule has 0 amide bonds. The summed E-state index contributed by atoms with van der Waals surface area (Å²) in [5, 5.41) is 4.36. The number of likely N-dealkylation sites (tertiary alicyclic amines) is 1. The van der Waals surface area contributed by atoms with Crippen LogP contribution >= 0.6 is 12.2 Å². The summed E-state index contributed by atoms with van der Waals surface area (Å²) in [5.41, 5.74) is 2.70. The van der Waals surface area contributed by atoms with Crippen LogP contribution in [0, 0.1) is 11.8 Å². The molecule has 4 atom stereocenters. The Morgan fingerprint density at radius 2 is 2.00 bits per heavy atom. The van der Waals surface area contributed by atoms with E-state index in [1.54, 1.807) is 12.7 Å². The smallest absolute Gasteiger partial charge is 0.173 e. The summed E-state index contributed by atoms with van der Waals surface area (Å²) in [7, 11) is 1.70. The van der Waals surface area contributed by atoms with Crippen molar-refractivity contribution < 1.29 is 4.74 Å². The van der Waals surface area contributed by atoms with E-state index in [0.29, 0.717) is 6.04 Å². The molecule has 5 rings (SSSR count). The molecule has 3 heterocycles. The number of methoxy groups -OCH3 is 1. The summed E-state index contributed by atoms with van der Waals surface area (Å²) in [6, 6.07) is 9.35. The number of anilines is 1. The van der Waals surface area contributed by atoms with Gasteiger partial charge in [0.05, 0.1) is 13.2 Å². The van der Waals surface area contributed by atoms with Crippen molar-refractivity contribution in [1.82, 2.24) is 9.80 Å². The van der Waals surface area contributed by atoms with Crippen LogP contribution in [0.3, 0.4) is 0 Å². The van der Waals surface area contributed by atoms with Gasteiger partial charge in [0, 0.05) is 24.8 Å². The molecular formula is C23H31N3OS. The third-order valence-electron chi connectivity index (χ3n) is 7.26. The fourth-order valence-electron chi connectivity index (χ4n) is 6.07. The molecule has 0 spiro atoms. The van der Waals surface area contributed by atoms with Gasteiger partial charge in [-0.2, -0.15) is 0 Å². The van der Waals surface area contributed by atoms with Gasteiger partial charge in [-0.25, -0.2) is 0 Å². The van der Waals surface area contributed by atoms with Gasteiger partial charge in [-0.15, -0.1) is 0 Å². The minimum Gasteiger partial charge on any atom is -0.497 e. The van der Waals surface area contributed by atoms with Crippen molar-refractivity contribution in [3.63, 3.8) is 0 Å². The standard InChI is InChI=1S/C23H31N3OS/c1-27-20-9-7-19(8-10-20)24-23(28)26-12-4-5-16-13-17-14-18(22(16)26)15-25-11-3-2-6-21(17)25/h7-10,13,17-18,21-22H,2-6,11-12,14-15H2,1H3,(H,24,28)/t17-,18+,21+,22+/m0/s1. The third kappa shape index (κ3) is 3.33. The van der Waals surface area contributed by atoms with Crippen LogP contribution in [0.4, 0.5) is 5.69 Å². The number of thiocarbonyl (C=S) groups is 1. The number of benzene rings is 1. The molecule has 0 radical (unpaired) electrons. The fourth-order valence-corrected chi connectivity index (χ4v) is 6.39. The summed E-state index contributed by atoms with van der Waals surface area (Å²) in [6.07, 6.45) is 10.7. The highest BCUT2D eigenvalue weighted by Crippen LogP contribution is 2.45. The van der Waals surface area contributed by atoms with Crippen molar-refractivity contribution in [2.45, 2.75) is 50.6 Å². The SMILES string of the molecule is COc1ccc(NC(=S)N2CCCC3=C[C@H]4C[C@H](CN5CCCC[C@H]45)[C@@H]32)cc1. The molecule has 3 saturated heterocycles. The maximum atomic E-state index is 5.89. The number of rotatable bonds is 2. The lowest BCUT2D eigenvalue weighted by molar-refractivity contribution is 0.0132. The highest BCUT2D eigenvalue weighted by atomic mass is 32.1. The molecule has 1 aliphatic carbocycles.